The number of phosphoric ester groups is 1. The Bertz CT molecular complexity index is 833. The van der Waals surface area contributed by atoms with Gasteiger partial charge in [-0.25, -0.2) is 0 Å². The molecule has 0 amide bonds. The van der Waals surface area contributed by atoms with Gasteiger partial charge in [-0.15, -0.1) is 0 Å². The van der Waals surface area contributed by atoms with E-state index in [1.54, 1.807) is 6.26 Å². The van der Waals surface area contributed by atoms with Gasteiger partial charge in [-0.1, -0.05) is 174 Å². The molecule has 0 fully saturated rings. The van der Waals surface area contributed by atoms with Crippen LogP contribution in [0.15, 0.2) is 12.3 Å². The number of likely N-dealkylation sites (N-methyl/N-ethyl adjacent to an activating group) is 1. The number of nitrogens with zero attached hydrogens (tertiary/aromatic N) is 1. The van der Waals surface area contributed by atoms with Crippen LogP contribution in [0.25, 0.3) is 0 Å². The van der Waals surface area contributed by atoms with Crippen LogP contribution in [-0.4, -0.2) is 64.1 Å². The summed E-state index contributed by atoms with van der Waals surface area (Å²) in [4.78, 5) is 24.9. The maximum Gasteiger partial charge on any atom is 0.306 e. The van der Waals surface area contributed by atoms with Gasteiger partial charge in [-0.05, 0) is 25.3 Å². The Morgan fingerprint density at radius 1 is 0.608 bits per heavy atom. The number of hydrogen-bond donors (Lipinski definition) is 0. The number of allylic oxidation sites excluding steroid dienone is 1. The second kappa shape index (κ2) is 36.1. The molecule has 0 rings (SSSR count). The molecule has 0 aromatic rings. The van der Waals surface area contributed by atoms with Gasteiger partial charge in [-0.2, -0.15) is 0 Å². The first-order chi connectivity index (χ1) is 24.6. The average molecular weight is 746 g/mol. The molecule has 0 N–H and O–H groups in total. The van der Waals surface area contributed by atoms with E-state index in [2.05, 4.69) is 13.8 Å². The highest BCUT2D eigenvalue weighted by Gasteiger charge is 2.20. The first kappa shape index (κ1) is 50.1. The van der Waals surface area contributed by atoms with Crippen LogP contribution in [-0.2, 0) is 27.9 Å². The molecule has 0 heterocycles. The SMILES string of the molecule is CCCCCCCCCCCCCCCCCC/C=C\OC[C@H](COP(=O)([O-])OCC[N+](C)(C)C)OC(=O)CCCCCCCCCCCCC. The minimum absolute atomic E-state index is 0.0200. The highest BCUT2D eigenvalue weighted by molar-refractivity contribution is 7.45. The third-order valence-electron chi connectivity index (χ3n) is 9.41. The Kier molecular flexibility index (Phi) is 35.4. The zero-order valence-electron chi connectivity index (χ0n) is 34.3. The standard InChI is InChI=1S/C42H84NO7P/c1-6-8-10-12-14-16-18-19-20-21-22-23-24-26-28-30-32-34-37-47-39-41(40-49-51(45,46)48-38-36-43(3,4)5)50-42(44)35-33-31-29-27-25-17-15-13-11-9-7-2/h34,37,41H,6-33,35-36,38-40H2,1-5H3/b37-34-/t41-/m1/s1. The summed E-state index contributed by atoms with van der Waals surface area (Å²) < 4.78 is 34.3. The van der Waals surface area contributed by atoms with Crippen LogP contribution >= 0.6 is 7.82 Å². The van der Waals surface area contributed by atoms with Crippen LogP contribution in [0, 0.1) is 0 Å². The van der Waals surface area contributed by atoms with Crippen molar-refractivity contribution in [2.75, 3.05) is 47.5 Å². The summed E-state index contributed by atoms with van der Waals surface area (Å²) in [5.41, 5.74) is 0. The van der Waals surface area contributed by atoms with Crippen molar-refractivity contribution in [3.05, 3.63) is 12.3 Å². The zero-order valence-corrected chi connectivity index (χ0v) is 35.2. The van der Waals surface area contributed by atoms with E-state index in [1.165, 1.54) is 148 Å². The van der Waals surface area contributed by atoms with Crippen LogP contribution < -0.4 is 4.89 Å². The average Bonchev–Trinajstić information content (AvgIpc) is 3.08. The second-order valence-corrected chi connectivity index (χ2v) is 17.2. The Morgan fingerprint density at radius 3 is 1.45 bits per heavy atom. The topological polar surface area (TPSA) is 94.1 Å². The number of unbranched alkanes of at least 4 members (excludes halogenated alkanes) is 26. The first-order valence-electron chi connectivity index (χ1n) is 21.5. The predicted octanol–water partition coefficient (Wildman–Crippen LogP) is 12.0. The third kappa shape index (κ3) is 40.1. The van der Waals surface area contributed by atoms with Crippen molar-refractivity contribution in [3.8, 4) is 0 Å². The van der Waals surface area contributed by atoms with Crippen molar-refractivity contribution >= 4 is 13.8 Å². The molecule has 304 valence electrons. The fourth-order valence-corrected chi connectivity index (χ4v) is 6.77. The molecular formula is C42H84NO7P. The smallest absolute Gasteiger partial charge is 0.306 e. The molecule has 2 atom stereocenters. The molecule has 0 radical (unpaired) electrons. The van der Waals surface area contributed by atoms with Crippen LogP contribution in [0.1, 0.15) is 200 Å². The van der Waals surface area contributed by atoms with E-state index >= 15 is 0 Å². The van der Waals surface area contributed by atoms with E-state index in [1.807, 2.05) is 27.2 Å². The molecule has 0 aliphatic carbocycles. The molecule has 1 unspecified atom stereocenters. The van der Waals surface area contributed by atoms with Gasteiger partial charge in [0, 0.05) is 6.42 Å². The van der Waals surface area contributed by atoms with Crippen molar-refractivity contribution in [3.63, 3.8) is 0 Å². The Balaban J connectivity index is 4.22. The van der Waals surface area contributed by atoms with E-state index in [9.17, 15) is 14.3 Å². The number of esters is 1. The quantitative estimate of drug-likeness (QED) is 0.0203. The summed E-state index contributed by atoms with van der Waals surface area (Å²) in [5, 5.41) is 0. The number of phosphoric acid groups is 1. The molecule has 51 heavy (non-hydrogen) atoms. The summed E-state index contributed by atoms with van der Waals surface area (Å²) in [7, 11) is 1.34. The van der Waals surface area contributed by atoms with E-state index in [-0.39, 0.29) is 25.8 Å². The number of rotatable bonds is 40. The van der Waals surface area contributed by atoms with Crippen molar-refractivity contribution in [2.45, 2.75) is 206 Å². The second-order valence-electron chi connectivity index (χ2n) is 15.8. The highest BCUT2D eigenvalue weighted by Crippen LogP contribution is 2.38. The summed E-state index contributed by atoms with van der Waals surface area (Å²) in [6, 6.07) is 0. The van der Waals surface area contributed by atoms with Gasteiger partial charge >= 0.3 is 5.97 Å². The van der Waals surface area contributed by atoms with Crippen molar-refractivity contribution in [2.24, 2.45) is 0 Å². The molecule has 0 aliphatic rings. The number of ether oxygens (including phenoxy) is 2. The first-order valence-corrected chi connectivity index (χ1v) is 22.9. The van der Waals surface area contributed by atoms with Gasteiger partial charge in [0.05, 0.1) is 34.0 Å². The summed E-state index contributed by atoms with van der Waals surface area (Å²) in [6.45, 7) is 4.75. The van der Waals surface area contributed by atoms with Crippen LogP contribution in [0.4, 0.5) is 0 Å². The van der Waals surface area contributed by atoms with Crippen molar-refractivity contribution in [1.29, 1.82) is 0 Å². The van der Waals surface area contributed by atoms with Crippen LogP contribution in [0.2, 0.25) is 0 Å². The zero-order chi connectivity index (χ0) is 37.7. The Hall–Kier alpha value is -0.920. The van der Waals surface area contributed by atoms with Crippen molar-refractivity contribution < 1.29 is 37.3 Å². The molecule has 0 aliphatic heterocycles. The Morgan fingerprint density at radius 2 is 1.02 bits per heavy atom. The van der Waals surface area contributed by atoms with E-state index in [4.69, 9.17) is 18.5 Å². The van der Waals surface area contributed by atoms with E-state index in [0.717, 1.165) is 32.1 Å². The lowest BCUT2D eigenvalue weighted by molar-refractivity contribution is -0.870. The van der Waals surface area contributed by atoms with Gasteiger partial charge in [0.15, 0.2) is 6.10 Å². The van der Waals surface area contributed by atoms with Crippen LogP contribution in [0.3, 0.4) is 0 Å². The van der Waals surface area contributed by atoms with E-state index in [0.29, 0.717) is 17.4 Å². The molecule has 0 aromatic heterocycles. The van der Waals surface area contributed by atoms with Gasteiger partial charge in [0.25, 0.3) is 7.82 Å². The summed E-state index contributed by atoms with van der Waals surface area (Å²) >= 11 is 0. The lowest BCUT2D eigenvalue weighted by Crippen LogP contribution is -2.37. The number of carbonyl (C=O) groups excluding carboxylic acids is 1. The maximum absolute atomic E-state index is 12.6. The normalized spacial score (nSPS) is 13.8. The van der Waals surface area contributed by atoms with Gasteiger partial charge in [-0.3, -0.25) is 9.36 Å². The minimum atomic E-state index is -4.53. The number of hydrogen-bond acceptors (Lipinski definition) is 7. The van der Waals surface area contributed by atoms with Crippen LogP contribution in [0.5, 0.6) is 0 Å². The molecule has 9 heteroatoms. The molecule has 0 aromatic carbocycles. The van der Waals surface area contributed by atoms with Gasteiger partial charge in [0.1, 0.15) is 19.8 Å². The fourth-order valence-electron chi connectivity index (χ4n) is 6.04. The lowest BCUT2D eigenvalue weighted by Gasteiger charge is -2.28. The summed E-state index contributed by atoms with van der Waals surface area (Å²) in [6.07, 6.45) is 38.9. The molecular weight excluding hydrogens is 661 g/mol. The number of quaternary nitrogens is 1. The third-order valence-corrected chi connectivity index (χ3v) is 10.4. The summed E-state index contributed by atoms with van der Waals surface area (Å²) in [5.74, 6) is -0.355. The molecule has 8 nitrogen and oxygen atoms in total. The molecule has 0 bridgehead atoms. The fraction of sp³-hybridized carbons (Fsp3) is 0.929. The van der Waals surface area contributed by atoms with E-state index < -0.39 is 13.9 Å². The Labute approximate surface area is 316 Å². The maximum atomic E-state index is 12.6. The molecule has 0 spiro atoms. The van der Waals surface area contributed by atoms with Gasteiger partial charge in [0.2, 0.25) is 0 Å². The largest absolute Gasteiger partial charge is 0.756 e. The predicted molar refractivity (Wildman–Crippen MR) is 213 cm³/mol. The molecule has 0 saturated carbocycles. The monoisotopic (exact) mass is 746 g/mol. The molecule has 0 saturated heterocycles. The van der Waals surface area contributed by atoms with Crippen molar-refractivity contribution in [1.82, 2.24) is 0 Å². The lowest BCUT2D eigenvalue weighted by atomic mass is 10.0. The van der Waals surface area contributed by atoms with Gasteiger partial charge < -0.3 is 27.9 Å². The highest BCUT2D eigenvalue weighted by atomic mass is 31.2. The number of carbonyl (C=O) groups is 1. The minimum Gasteiger partial charge on any atom is -0.756 e.